The lowest BCUT2D eigenvalue weighted by molar-refractivity contribution is -0.137. The molecular formula is C12H10FNO2. The number of carbonyl (C=O) groups is 1. The van der Waals surface area contributed by atoms with E-state index in [1.165, 1.54) is 18.2 Å². The minimum Gasteiger partial charge on any atom is -0.462 e. The molecule has 0 aromatic heterocycles. The largest absolute Gasteiger partial charge is 0.462 e. The number of benzene rings is 1. The first-order valence-corrected chi connectivity index (χ1v) is 4.73. The van der Waals surface area contributed by atoms with E-state index in [1.54, 1.807) is 25.1 Å². The van der Waals surface area contributed by atoms with Crippen molar-refractivity contribution in [1.29, 1.82) is 5.26 Å². The molecule has 0 N–H and O–H groups in total. The first-order valence-electron chi connectivity index (χ1n) is 4.73. The van der Waals surface area contributed by atoms with Crippen molar-refractivity contribution in [1.82, 2.24) is 0 Å². The molecule has 0 atom stereocenters. The summed E-state index contributed by atoms with van der Waals surface area (Å²) < 4.78 is 18.3. The summed E-state index contributed by atoms with van der Waals surface area (Å²) in [5, 5.41) is 8.71. The van der Waals surface area contributed by atoms with E-state index in [1.807, 2.05) is 0 Å². The molecule has 0 amide bonds. The summed E-state index contributed by atoms with van der Waals surface area (Å²) in [4.78, 5) is 11.2. The Labute approximate surface area is 92.8 Å². The number of ether oxygens (including phenoxy) is 1. The standard InChI is InChI=1S/C12H10FNO2/c1-2-16-12(15)10(8-14)11(13)9-6-4-3-5-7-9/h3-7H,2H2,1H3. The summed E-state index contributed by atoms with van der Waals surface area (Å²) in [5.41, 5.74) is -0.417. The summed E-state index contributed by atoms with van der Waals surface area (Å²) in [5.74, 6) is -1.80. The van der Waals surface area contributed by atoms with Gasteiger partial charge >= 0.3 is 5.97 Å². The van der Waals surface area contributed by atoms with Crippen LogP contribution in [0.3, 0.4) is 0 Å². The van der Waals surface area contributed by atoms with Crippen molar-refractivity contribution in [3.63, 3.8) is 0 Å². The normalized spacial score (nSPS) is 11.3. The van der Waals surface area contributed by atoms with Gasteiger partial charge in [-0.05, 0) is 6.92 Å². The molecule has 3 nitrogen and oxygen atoms in total. The Hall–Kier alpha value is -2.15. The van der Waals surface area contributed by atoms with E-state index < -0.39 is 17.4 Å². The van der Waals surface area contributed by atoms with Crippen molar-refractivity contribution >= 4 is 11.8 Å². The Bertz CT molecular complexity index is 446. The minimum atomic E-state index is -0.939. The van der Waals surface area contributed by atoms with E-state index in [0.29, 0.717) is 0 Å². The van der Waals surface area contributed by atoms with Gasteiger partial charge in [0.25, 0.3) is 0 Å². The van der Waals surface area contributed by atoms with Crippen molar-refractivity contribution in [2.75, 3.05) is 6.61 Å². The lowest BCUT2D eigenvalue weighted by Crippen LogP contribution is -2.07. The molecule has 0 fully saturated rings. The molecule has 0 aliphatic carbocycles. The fraction of sp³-hybridized carbons (Fsp3) is 0.167. The molecule has 82 valence electrons. The van der Waals surface area contributed by atoms with Crippen molar-refractivity contribution in [2.24, 2.45) is 0 Å². The first kappa shape index (κ1) is 11.9. The van der Waals surface area contributed by atoms with Gasteiger partial charge in [0.2, 0.25) is 0 Å². The topological polar surface area (TPSA) is 50.1 Å². The predicted octanol–water partition coefficient (Wildman–Crippen LogP) is 2.45. The third-order valence-electron chi connectivity index (χ3n) is 1.84. The maximum atomic E-state index is 13.7. The van der Waals surface area contributed by atoms with E-state index in [4.69, 9.17) is 5.26 Å². The minimum absolute atomic E-state index is 0.103. The van der Waals surface area contributed by atoms with Gasteiger partial charge in [-0.15, -0.1) is 0 Å². The van der Waals surface area contributed by atoms with Gasteiger partial charge in [0.1, 0.15) is 6.07 Å². The molecule has 1 rings (SSSR count). The van der Waals surface area contributed by atoms with E-state index in [2.05, 4.69) is 4.74 Å². The zero-order valence-corrected chi connectivity index (χ0v) is 8.74. The van der Waals surface area contributed by atoms with Crippen molar-refractivity contribution in [2.45, 2.75) is 6.92 Å². The van der Waals surface area contributed by atoms with E-state index >= 15 is 0 Å². The molecule has 16 heavy (non-hydrogen) atoms. The van der Waals surface area contributed by atoms with Crippen LogP contribution in [-0.4, -0.2) is 12.6 Å². The molecule has 0 spiro atoms. The quantitative estimate of drug-likeness (QED) is 0.445. The van der Waals surface area contributed by atoms with Gasteiger partial charge in [0.15, 0.2) is 11.4 Å². The number of hydrogen-bond acceptors (Lipinski definition) is 3. The molecular weight excluding hydrogens is 209 g/mol. The lowest BCUT2D eigenvalue weighted by Gasteiger charge is -2.02. The van der Waals surface area contributed by atoms with Crippen molar-refractivity contribution < 1.29 is 13.9 Å². The Morgan fingerprint density at radius 3 is 2.56 bits per heavy atom. The fourth-order valence-corrected chi connectivity index (χ4v) is 1.12. The average Bonchev–Trinajstić information content (AvgIpc) is 2.31. The molecule has 0 radical (unpaired) electrons. The van der Waals surface area contributed by atoms with Crippen LogP contribution in [0.15, 0.2) is 35.9 Å². The van der Waals surface area contributed by atoms with Crippen LogP contribution in [-0.2, 0) is 9.53 Å². The highest BCUT2D eigenvalue weighted by Gasteiger charge is 2.17. The van der Waals surface area contributed by atoms with Gasteiger partial charge in [-0.2, -0.15) is 5.26 Å². The van der Waals surface area contributed by atoms with Crippen molar-refractivity contribution in [3.8, 4) is 6.07 Å². The van der Waals surface area contributed by atoms with Crippen LogP contribution in [0.25, 0.3) is 5.83 Å². The maximum Gasteiger partial charge on any atom is 0.351 e. The summed E-state index contributed by atoms with van der Waals surface area (Å²) >= 11 is 0. The number of carbonyl (C=O) groups excluding carboxylic acids is 1. The number of nitrogens with zero attached hydrogens (tertiary/aromatic N) is 1. The maximum absolute atomic E-state index is 13.7. The van der Waals surface area contributed by atoms with Crippen LogP contribution in [0.4, 0.5) is 4.39 Å². The molecule has 1 aromatic carbocycles. The van der Waals surface area contributed by atoms with Crippen LogP contribution in [0.2, 0.25) is 0 Å². The van der Waals surface area contributed by atoms with Crippen molar-refractivity contribution in [3.05, 3.63) is 41.5 Å². The highest BCUT2D eigenvalue weighted by Crippen LogP contribution is 2.20. The first-order chi connectivity index (χ1) is 7.70. The third-order valence-corrected chi connectivity index (χ3v) is 1.84. The summed E-state index contributed by atoms with van der Waals surface area (Å²) in [7, 11) is 0. The van der Waals surface area contributed by atoms with Gasteiger partial charge in [-0.25, -0.2) is 9.18 Å². The Balaban J connectivity index is 3.11. The van der Waals surface area contributed by atoms with Gasteiger partial charge in [0, 0.05) is 5.56 Å². The van der Waals surface area contributed by atoms with E-state index in [0.717, 1.165) is 0 Å². The number of rotatable bonds is 3. The van der Waals surface area contributed by atoms with Gasteiger partial charge in [-0.1, -0.05) is 30.3 Å². The van der Waals surface area contributed by atoms with Crippen LogP contribution in [0.1, 0.15) is 12.5 Å². The van der Waals surface area contributed by atoms with E-state index in [-0.39, 0.29) is 12.2 Å². The molecule has 0 aliphatic rings. The lowest BCUT2D eigenvalue weighted by atomic mass is 10.1. The molecule has 4 heteroatoms. The van der Waals surface area contributed by atoms with Crippen LogP contribution >= 0.6 is 0 Å². The Morgan fingerprint density at radius 1 is 1.44 bits per heavy atom. The molecule has 1 aromatic rings. The number of esters is 1. The zero-order valence-electron chi connectivity index (χ0n) is 8.74. The summed E-state index contributed by atoms with van der Waals surface area (Å²) in [6.45, 7) is 1.69. The van der Waals surface area contributed by atoms with Gasteiger partial charge in [-0.3, -0.25) is 0 Å². The molecule has 0 heterocycles. The summed E-state index contributed by atoms with van der Waals surface area (Å²) in [6.07, 6.45) is 0. The summed E-state index contributed by atoms with van der Waals surface area (Å²) in [6, 6.07) is 9.43. The van der Waals surface area contributed by atoms with Gasteiger partial charge < -0.3 is 4.74 Å². The van der Waals surface area contributed by atoms with Crippen LogP contribution < -0.4 is 0 Å². The monoisotopic (exact) mass is 219 g/mol. The number of hydrogen-bond donors (Lipinski definition) is 0. The highest BCUT2D eigenvalue weighted by atomic mass is 19.1. The predicted molar refractivity (Wildman–Crippen MR) is 56.7 cm³/mol. The fourth-order valence-electron chi connectivity index (χ4n) is 1.12. The number of halogens is 1. The molecule has 0 bridgehead atoms. The number of nitriles is 1. The van der Waals surface area contributed by atoms with Crippen LogP contribution in [0, 0.1) is 11.3 Å². The molecule has 0 saturated carbocycles. The molecule has 0 unspecified atom stereocenters. The second-order valence-corrected chi connectivity index (χ2v) is 2.89. The smallest absolute Gasteiger partial charge is 0.351 e. The molecule has 0 aliphatic heterocycles. The van der Waals surface area contributed by atoms with Gasteiger partial charge in [0.05, 0.1) is 6.61 Å². The SMILES string of the molecule is CCOC(=O)C(C#N)=C(F)c1ccccc1. The Kier molecular flexibility index (Phi) is 4.22. The third kappa shape index (κ3) is 2.67. The highest BCUT2D eigenvalue weighted by molar-refractivity contribution is 6.00. The molecule has 0 saturated heterocycles. The second kappa shape index (κ2) is 5.66. The zero-order chi connectivity index (χ0) is 12.0. The van der Waals surface area contributed by atoms with Crippen LogP contribution in [0.5, 0.6) is 0 Å². The second-order valence-electron chi connectivity index (χ2n) is 2.89. The van der Waals surface area contributed by atoms with E-state index in [9.17, 15) is 9.18 Å². The average molecular weight is 219 g/mol. The Morgan fingerprint density at radius 2 is 2.06 bits per heavy atom.